The SMILES string of the molecule is CC(C)n1ncc2c(C(=O)N3CCN(C(=O)OC(C)(C)C)CC3)cc(-c3cccs3)nc21. The molecule has 0 N–H and O–H groups in total. The lowest BCUT2D eigenvalue weighted by molar-refractivity contribution is 0.0141. The number of nitrogens with zero attached hydrogens (tertiary/aromatic N) is 5. The topological polar surface area (TPSA) is 80.6 Å². The fraction of sp³-hybridized carbons (Fsp3) is 0.478. The summed E-state index contributed by atoms with van der Waals surface area (Å²) in [6.45, 7) is 11.4. The van der Waals surface area contributed by atoms with Gasteiger partial charge in [0, 0.05) is 32.2 Å². The number of carbonyl (C=O) groups excluding carboxylic acids is 2. The number of ether oxygens (including phenoxy) is 1. The zero-order valence-corrected chi connectivity index (χ0v) is 20.0. The van der Waals surface area contributed by atoms with E-state index in [0.29, 0.717) is 37.4 Å². The van der Waals surface area contributed by atoms with Gasteiger partial charge in [0.25, 0.3) is 5.91 Å². The fourth-order valence-electron chi connectivity index (χ4n) is 3.71. The molecule has 8 nitrogen and oxygen atoms in total. The van der Waals surface area contributed by atoms with Gasteiger partial charge in [-0.2, -0.15) is 5.10 Å². The molecule has 0 aromatic carbocycles. The third-order valence-corrected chi connectivity index (χ3v) is 6.17. The van der Waals surface area contributed by atoms with Crippen LogP contribution in [-0.4, -0.2) is 68.3 Å². The van der Waals surface area contributed by atoms with Gasteiger partial charge < -0.3 is 14.5 Å². The molecule has 4 rings (SSSR count). The second-order valence-electron chi connectivity index (χ2n) is 9.21. The van der Waals surface area contributed by atoms with E-state index in [4.69, 9.17) is 9.72 Å². The van der Waals surface area contributed by atoms with Gasteiger partial charge in [0.15, 0.2) is 5.65 Å². The highest BCUT2D eigenvalue weighted by Gasteiger charge is 2.29. The molecule has 0 radical (unpaired) electrons. The van der Waals surface area contributed by atoms with Gasteiger partial charge in [0.2, 0.25) is 0 Å². The molecule has 0 spiro atoms. The van der Waals surface area contributed by atoms with Crippen LogP contribution in [0, 0.1) is 0 Å². The summed E-state index contributed by atoms with van der Waals surface area (Å²) in [5.74, 6) is -0.0673. The molecule has 0 saturated carbocycles. The molecule has 0 atom stereocenters. The number of piperazine rings is 1. The first-order valence-corrected chi connectivity index (χ1v) is 11.7. The van der Waals surface area contributed by atoms with Crippen molar-refractivity contribution in [3.63, 3.8) is 0 Å². The zero-order valence-electron chi connectivity index (χ0n) is 19.2. The fourth-order valence-corrected chi connectivity index (χ4v) is 4.40. The summed E-state index contributed by atoms with van der Waals surface area (Å²) in [6, 6.07) is 5.97. The molecule has 0 aliphatic carbocycles. The molecule has 1 aliphatic rings. The highest BCUT2D eigenvalue weighted by Crippen LogP contribution is 2.29. The highest BCUT2D eigenvalue weighted by atomic mass is 32.1. The van der Waals surface area contributed by atoms with Gasteiger partial charge in [-0.15, -0.1) is 11.3 Å². The van der Waals surface area contributed by atoms with E-state index >= 15 is 0 Å². The first-order chi connectivity index (χ1) is 15.1. The van der Waals surface area contributed by atoms with Crippen molar-refractivity contribution in [3.8, 4) is 10.6 Å². The summed E-state index contributed by atoms with van der Waals surface area (Å²) < 4.78 is 7.31. The molecule has 1 aliphatic heterocycles. The predicted molar refractivity (Wildman–Crippen MR) is 125 cm³/mol. The van der Waals surface area contributed by atoms with Crippen molar-refractivity contribution in [2.45, 2.75) is 46.3 Å². The highest BCUT2D eigenvalue weighted by molar-refractivity contribution is 7.13. The van der Waals surface area contributed by atoms with E-state index in [1.807, 2.05) is 62.9 Å². The molecule has 1 saturated heterocycles. The monoisotopic (exact) mass is 455 g/mol. The summed E-state index contributed by atoms with van der Waals surface area (Å²) in [5, 5.41) is 7.24. The second kappa shape index (κ2) is 8.54. The maximum atomic E-state index is 13.5. The van der Waals surface area contributed by atoms with E-state index in [-0.39, 0.29) is 18.0 Å². The summed E-state index contributed by atoms with van der Waals surface area (Å²) in [7, 11) is 0. The van der Waals surface area contributed by atoms with Crippen molar-refractivity contribution in [2.24, 2.45) is 0 Å². The lowest BCUT2D eigenvalue weighted by Crippen LogP contribution is -2.51. The van der Waals surface area contributed by atoms with Crippen LogP contribution in [0.3, 0.4) is 0 Å². The third kappa shape index (κ3) is 4.48. The largest absolute Gasteiger partial charge is 0.444 e. The van der Waals surface area contributed by atoms with Gasteiger partial charge in [-0.1, -0.05) is 6.07 Å². The zero-order chi connectivity index (χ0) is 23.0. The minimum absolute atomic E-state index is 0.0673. The Morgan fingerprint density at radius 2 is 1.81 bits per heavy atom. The lowest BCUT2D eigenvalue weighted by atomic mass is 10.1. The smallest absolute Gasteiger partial charge is 0.410 e. The van der Waals surface area contributed by atoms with E-state index in [1.54, 1.807) is 27.3 Å². The average molecular weight is 456 g/mol. The van der Waals surface area contributed by atoms with E-state index in [1.165, 1.54) is 0 Å². The van der Waals surface area contributed by atoms with E-state index in [9.17, 15) is 9.59 Å². The van der Waals surface area contributed by atoms with Gasteiger partial charge in [-0.3, -0.25) is 4.79 Å². The van der Waals surface area contributed by atoms with Gasteiger partial charge in [-0.25, -0.2) is 14.5 Å². The molecule has 4 heterocycles. The number of fused-ring (bicyclic) bond motifs is 1. The standard InChI is InChI=1S/C23H29N5O3S/c1-15(2)28-20-17(14-24-28)16(13-18(25-20)19-7-6-12-32-19)21(29)26-8-10-27(11-9-26)22(30)31-23(3,4)5/h6-7,12-15H,8-11H2,1-5H3. The van der Waals surface area contributed by atoms with Gasteiger partial charge in [0.1, 0.15) is 5.60 Å². The lowest BCUT2D eigenvalue weighted by Gasteiger charge is -2.35. The minimum atomic E-state index is -0.540. The number of thiophene rings is 1. The molecule has 1 fully saturated rings. The quantitative estimate of drug-likeness (QED) is 0.583. The van der Waals surface area contributed by atoms with Crippen LogP contribution in [0.1, 0.15) is 51.0 Å². The molecule has 3 aromatic rings. The number of hydrogen-bond acceptors (Lipinski definition) is 6. The van der Waals surface area contributed by atoms with Crippen LogP contribution in [-0.2, 0) is 4.74 Å². The maximum Gasteiger partial charge on any atom is 0.410 e. The number of aromatic nitrogens is 3. The number of pyridine rings is 1. The van der Waals surface area contributed by atoms with E-state index < -0.39 is 5.60 Å². The maximum absolute atomic E-state index is 13.5. The number of carbonyl (C=O) groups is 2. The Bertz CT molecular complexity index is 1120. The number of amides is 2. The molecule has 2 amide bonds. The van der Waals surface area contributed by atoms with Crippen LogP contribution in [0.4, 0.5) is 4.79 Å². The van der Waals surface area contributed by atoms with Crippen molar-refractivity contribution in [1.29, 1.82) is 0 Å². The van der Waals surface area contributed by atoms with Gasteiger partial charge >= 0.3 is 6.09 Å². The summed E-state index contributed by atoms with van der Waals surface area (Å²) in [5.41, 5.74) is 1.53. The van der Waals surface area contributed by atoms with Crippen molar-refractivity contribution in [3.05, 3.63) is 35.3 Å². The van der Waals surface area contributed by atoms with Crippen molar-refractivity contribution < 1.29 is 14.3 Å². The average Bonchev–Trinajstić information content (AvgIpc) is 3.41. The third-order valence-electron chi connectivity index (χ3n) is 5.28. The Morgan fingerprint density at radius 1 is 1.12 bits per heavy atom. The molecule has 3 aromatic heterocycles. The number of hydrogen-bond donors (Lipinski definition) is 0. The molecule has 0 bridgehead atoms. The first-order valence-electron chi connectivity index (χ1n) is 10.8. The molecule has 0 unspecified atom stereocenters. The van der Waals surface area contributed by atoms with E-state index in [2.05, 4.69) is 5.10 Å². The molecule has 9 heteroatoms. The first kappa shape index (κ1) is 22.3. The molecular weight excluding hydrogens is 426 g/mol. The normalized spacial score (nSPS) is 14.9. The van der Waals surface area contributed by atoms with Gasteiger partial charge in [0.05, 0.1) is 27.7 Å². The second-order valence-corrected chi connectivity index (χ2v) is 10.2. The Morgan fingerprint density at radius 3 is 2.41 bits per heavy atom. The Balaban J connectivity index is 1.61. The van der Waals surface area contributed by atoms with Crippen molar-refractivity contribution >= 4 is 34.4 Å². The summed E-state index contributed by atoms with van der Waals surface area (Å²) >= 11 is 1.59. The Hall–Kier alpha value is -2.94. The van der Waals surface area contributed by atoms with Gasteiger partial charge in [-0.05, 0) is 52.1 Å². The van der Waals surface area contributed by atoms with Crippen LogP contribution < -0.4 is 0 Å². The number of rotatable bonds is 3. The summed E-state index contributed by atoms with van der Waals surface area (Å²) in [4.78, 5) is 35.2. The Kier molecular flexibility index (Phi) is 5.94. The van der Waals surface area contributed by atoms with Crippen LogP contribution in [0.25, 0.3) is 21.6 Å². The predicted octanol–water partition coefficient (Wildman–Crippen LogP) is 4.43. The summed E-state index contributed by atoms with van der Waals surface area (Å²) in [6.07, 6.45) is 1.39. The Labute approximate surface area is 191 Å². The van der Waals surface area contributed by atoms with E-state index in [0.717, 1.165) is 16.0 Å². The van der Waals surface area contributed by atoms with Crippen molar-refractivity contribution in [1.82, 2.24) is 24.6 Å². The van der Waals surface area contributed by atoms with Crippen molar-refractivity contribution in [2.75, 3.05) is 26.2 Å². The van der Waals surface area contributed by atoms with Crippen LogP contribution in [0.15, 0.2) is 29.8 Å². The molecular formula is C23H29N5O3S. The molecule has 32 heavy (non-hydrogen) atoms. The minimum Gasteiger partial charge on any atom is -0.444 e. The van der Waals surface area contributed by atoms with Crippen LogP contribution >= 0.6 is 11.3 Å². The van der Waals surface area contributed by atoms with Crippen LogP contribution in [0.2, 0.25) is 0 Å². The molecule has 170 valence electrons. The van der Waals surface area contributed by atoms with Crippen LogP contribution in [0.5, 0.6) is 0 Å².